The van der Waals surface area contributed by atoms with Crippen molar-refractivity contribution in [2.24, 2.45) is 0 Å². The summed E-state index contributed by atoms with van der Waals surface area (Å²) < 4.78 is 13.4. The second kappa shape index (κ2) is 7.40. The van der Waals surface area contributed by atoms with Gasteiger partial charge in [-0.25, -0.2) is 14.4 Å². The van der Waals surface area contributed by atoms with Gasteiger partial charge in [0.2, 0.25) is 5.95 Å². The minimum atomic E-state index is -0.605. The molecule has 1 aromatic heterocycles. The van der Waals surface area contributed by atoms with Gasteiger partial charge in [0.25, 0.3) is 0 Å². The van der Waals surface area contributed by atoms with E-state index >= 15 is 0 Å². The second-order valence-corrected chi connectivity index (χ2v) is 8.21. The number of nitrogens with zero attached hydrogens (tertiary/aromatic N) is 4. The molecule has 0 unspecified atom stereocenters. The monoisotopic (exact) mass is 367 g/mol. The molecule has 2 heterocycles. The first kappa shape index (κ1) is 18.1. The summed E-state index contributed by atoms with van der Waals surface area (Å²) in [5, 5.41) is 13.4. The Morgan fingerprint density at radius 3 is 2.67 bits per heavy atom. The van der Waals surface area contributed by atoms with Gasteiger partial charge in [-0.3, -0.25) is 0 Å². The number of piperidine rings is 1. The maximum absolute atomic E-state index is 13.4. The fraction of sp³-hybridized carbons (Fsp3) is 0.571. The van der Waals surface area contributed by atoms with Crippen molar-refractivity contribution in [2.75, 3.05) is 18.4 Å². The van der Waals surface area contributed by atoms with Gasteiger partial charge in [-0.2, -0.15) is 5.26 Å². The van der Waals surface area contributed by atoms with E-state index in [0.717, 1.165) is 49.7 Å². The zero-order chi connectivity index (χ0) is 18.9. The Balaban J connectivity index is 1.39. The normalized spacial score (nSPS) is 27.4. The zero-order valence-corrected chi connectivity index (χ0v) is 15.8. The third-order valence-electron chi connectivity index (χ3n) is 6.16. The third-order valence-corrected chi connectivity index (χ3v) is 6.16. The molecule has 4 rings (SSSR count). The lowest BCUT2D eigenvalue weighted by Gasteiger charge is -2.43. The van der Waals surface area contributed by atoms with Crippen LogP contribution in [0.2, 0.25) is 0 Å². The van der Waals surface area contributed by atoms with Crippen molar-refractivity contribution in [3.05, 3.63) is 30.0 Å². The molecule has 0 atom stereocenters. The fourth-order valence-electron chi connectivity index (χ4n) is 4.40. The van der Waals surface area contributed by atoms with Crippen LogP contribution in [0.5, 0.6) is 0 Å². The number of nitriles is 1. The summed E-state index contributed by atoms with van der Waals surface area (Å²) in [5.74, 6) is 0.645. The lowest BCUT2D eigenvalue weighted by atomic mass is 9.80. The quantitative estimate of drug-likeness (QED) is 0.887. The second-order valence-electron chi connectivity index (χ2n) is 8.21. The van der Waals surface area contributed by atoms with Crippen LogP contribution < -0.4 is 5.32 Å². The van der Waals surface area contributed by atoms with Crippen molar-refractivity contribution in [1.82, 2.24) is 14.9 Å². The van der Waals surface area contributed by atoms with Gasteiger partial charge in [0, 0.05) is 36.3 Å². The van der Waals surface area contributed by atoms with Crippen LogP contribution in [0.4, 0.5) is 10.3 Å². The van der Waals surface area contributed by atoms with Gasteiger partial charge in [-0.05, 0) is 63.6 Å². The highest BCUT2D eigenvalue weighted by Crippen LogP contribution is 2.34. The van der Waals surface area contributed by atoms with Crippen molar-refractivity contribution in [2.45, 2.75) is 63.2 Å². The number of hydrogen-bond acceptors (Lipinski definition) is 5. The van der Waals surface area contributed by atoms with Crippen LogP contribution in [0.15, 0.2) is 24.4 Å². The van der Waals surface area contributed by atoms with Crippen LogP contribution in [0.1, 0.15) is 51.0 Å². The molecule has 2 aliphatic rings. The van der Waals surface area contributed by atoms with Gasteiger partial charge < -0.3 is 10.2 Å². The van der Waals surface area contributed by atoms with Crippen LogP contribution in [0.3, 0.4) is 0 Å². The molecule has 0 radical (unpaired) electrons. The summed E-state index contributed by atoms with van der Waals surface area (Å²) in [6.07, 6.45) is 6.91. The summed E-state index contributed by atoms with van der Waals surface area (Å²) >= 11 is 0. The smallest absolute Gasteiger partial charge is 0.223 e. The van der Waals surface area contributed by atoms with Crippen molar-refractivity contribution >= 4 is 16.9 Å². The highest BCUT2D eigenvalue weighted by Gasteiger charge is 2.35. The molecule has 0 bridgehead atoms. The van der Waals surface area contributed by atoms with Gasteiger partial charge in [-0.1, -0.05) is 0 Å². The summed E-state index contributed by atoms with van der Waals surface area (Å²) in [7, 11) is 0. The van der Waals surface area contributed by atoms with E-state index in [1.54, 1.807) is 12.3 Å². The van der Waals surface area contributed by atoms with E-state index in [1.165, 1.54) is 0 Å². The first-order chi connectivity index (χ1) is 13.0. The van der Waals surface area contributed by atoms with Crippen molar-refractivity contribution in [3.63, 3.8) is 0 Å². The van der Waals surface area contributed by atoms with Crippen molar-refractivity contribution in [3.8, 4) is 6.07 Å². The van der Waals surface area contributed by atoms with Gasteiger partial charge in [0.1, 0.15) is 6.17 Å². The molecule has 6 heteroatoms. The van der Waals surface area contributed by atoms with Crippen LogP contribution in [-0.4, -0.2) is 45.7 Å². The summed E-state index contributed by atoms with van der Waals surface area (Å²) in [6, 6.07) is 8.19. The summed E-state index contributed by atoms with van der Waals surface area (Å²) in [6.45, 7) is 4.03. The predicted molar refractivity (Wildman–Crippen MR) is 104 cm³/mol. The fourth-order valence-corrected chi connectivity index (χ4v) is 4.40. The minimum absolute atomic E-state index is 0.0187. The maximum Gasteiger partial charge on any atom is 0.223 e. The molecule has 5 nitrogen and oxygen atoms in total. The standard InChI is InChI=1S/C21H26FN5/c1-21(8-4-18(5-9-21)27-10-6-17(22)7-11-27)26-20-24-14-16-12-15(13-23)2-3-19(16)25-20/h2-3,12,14,17-18H,4-11H2,1H3,(H,24,25,26). The Kier molecular flexibility index (Phi) is 4.96. The molecule has 27 heavy (non-hydrogen) atoms. The molecular weight excluding hydrogens is 341 g/mol. The molecular formula is C21H26FN5. The van der Waals surface area contributed by atoms with E-state index < -0.39 is 6.17 Å². The molecule has 1 saturated carbocycles. The molecule has 0 amide bonds. The topological polar surface area (TPSA) is 64.8 Å². The van der Waals surface area contributed by atoms with Crippen molar-refractivity contribution in [1.29, 1.82) is 5.26 Å². The molecule has 1 aliphatic heterocycles. The number of anilines is 1. The first-order valence-electron chi connectivity index (χ1n) is 9.88. The van der Waals surface area contributed by atoms with Crippen LogP contribution in [0.25, 0.3) is 10.9 Å². The predicted octanol–water partition coefficient (Wildman–Crippen LogP) is 4.05. The first-order valence-corrected chi connectivity index (χ1v) is 9.88. The number of likely N-dealkylation sites (tertiary alicyclic amines) is 1. The van der Waals surface area contributed by atoms with Crippen LogP contribution in [0, 0.1) is 11.3 Å². The van der Waals surface area contributed by atoms with E-state index in [1.807, 2.05) is 12.1 Å². The van der Waals surface area contributed by atoms with Gasteiger partial charge >= 0.3 is 0 Å². The highest BCUT2D eigenvalue weighted by atomic mass is 19.1. The molecule has 142 valence electrons. The number of nitrogens with one attached hydrogen (secondary N) is 1. The molecule has 1 N–H and O–H groups in total. The van der Waals surface area contributed by atoms with E-state index in [4.69, 9.17) is 5.26 Å². The third kappa shape index (κ3) is 4.03. The van der Waals surface area contributed by atoms with E-state index in [0.29, 0.717) is 30.4 Å². The molecule has 2 fully saturated rings. The Bertz CT molecular complexity index is 845. The molecule has 1 aromatic carbocycles. The van der Waals surface area contributed by atoms with E-state index in [9.17, 15) is 4.39 Å². The van der Waals surface area contributed by atoms with Crippen LogP contribution >= 0.6 is 0 Å². The summed E-state index contributed by atoms with van der Waals surface area (Å²) in [4.78, 5) is 11.6. The lowest BCUT2D eigenvalue weighted by Crippen LogP contribution is -2.48. The number of alkyl halides is 1. The molecule has 2 aromatic rings. The Hall–Kier alpha value is -2.26. The highest BCUT2D eigenvalue weighted by molar-refractivity contribution is 5.80. The van der Waals surface area contributed by atoms with E-state index in [-0.39, 0.29) is 5.54 Å². The van der Waals surface area contributed by atoms with Gasteiger partial charge in [-0.15, -0.1) is 0 Å². The van der Waals surface area contributed by atoms with Crippen LogP contribution in [-0.2, 0) is 0 Å². The maximum atomic E-state index is 13.4. The largest absolute Gasteiger partial charge is 0.349 e. The SMILES string of the molecule is CC1(Nc2ncc3cc(C#N)ccc3n2)CCC(N2CCC(F)CC2)CC1. The van der Waals surface area contributed by atoms with Gasteiger partial charge in [0.15, 0.2) is 0 Å². The van der Waals surface area contributed by atoms with E-state index in [2.05, 4.69) is 33.2 Å². The number of halogens is 1. The number of hydrogen-bond donors (Lipinski definition) is 1. The number of fused-ring (bicyclic) bond motifs is 1. The minimum Gasteiger partial charge on any atom is -0.349 e. The molecule has 0 spiro atoms. The average molecular weight is 367 g/mol. The Morgan fingerprint density at radius 2 is 1.96 bits per heavy atom. The molecule has 1 aliphatic carbocycles. The lowest BCUT2D eigenvalue weighted by molar-refractivity contribution is 0.0811. The average Bonchev–Trinajstić information content (AvgIpc) is 2.69. The number of rotatable bonds is 3. The van der Waals surface area contributed by atoms with Gasteiger partial charge in [0.05, 0.1) is 17.1 Å². The Morgan fingerprint density at radius 1 is 1.22 bits per heavy atom. The molecule has 1 saturated heterocycles. The number of benzene rings is 1. The summed E-state index contributed by atoms with van der Waals surface area (Å²) in [5.41, 5.74) is 1.45. The van der Waals surface area contributed by atoms with Crippen molar-refractivity contribution < 1.29 is 4.39 Å². The Labute approximate surface area is 159 Å². The number of aromatic nitrogens is 2. The zero-order valence-electron chi connectivity index (χ0n) is 15.8.